The van der Waals surface area contributed by atoms with Crippen LogP contribution in [0.15, 0.2) is 35.9 Å². The molecular formula is C12H15N. The molecule has 2 N–H and O–H groups in total. The van der Waals surface area contributed by atoms with Crippen LogP contribution in [0.1, 0.15) is 18.1 Å². The molecule has 0 unspecified atom stereocenters. The van der Waals surface area contributed by atoms with Gasteiger partial charge in [-0.3, -0.25) is 0 Å². The SMILES string of the molecule is C[C@H](N)C1=CCc2ccccc2C1. The summed E-state index contributed by atoms with van der Waals surface area (Å²) >= 11 is 0. The quantitative estimate of drug-likeness (QED) is 0.646. The Bertz CT molecular complexity index is 337. The Kier molecular flexibility index (Phi) is 2.19. The lowest BCUT2D eigenvalue weighted by molar-refractivity contribution is 0.802. The molecule has 1 atom stereocenters. The van der Waals surface area contributed by atoms with Gasteiger partial charge in [-0.05, 0) is 30.9 Å². The topological polar surface area (TPSA) is 26.0 Å². The highest BCUT2D eigenvalue weighted by Gasteiger charge is 2.12. The van der Waals surface area contributed by atoms with E-state index >= 15 is 0 Å². The standard InChI is InChI=1S/C12H15N/c1-9(13)11-7-6-10-4-2-3-5-12(10)8-11/h2-5,7,9H,6,8,13H2,1H3/t9-/m0/s1. The Hall–Kier alpha value is -1.08. The fraction of sp³-hybridized carbons (Fsp3) is 0.333. The van der Waals surface area contributed by atoms with Gasteiger partial charge < -0.3 is 5.73 Å². The number of hydrogen-bond acceptors (Lipinski definition) is 1. The van der Waals surface area contributed by atoms with E-state index < -0.39 is 0 Å². The number of fused-ring (bicyclic) bond motifs is 1. The maximum Gasteiger partial charge on any atom is 0.0228 e. The van der Waals surface area contributed by atoms with E-state index in [1.807, 2.05) is 0 Å². The van der Waals surface area contributed by atoms with Gasteiger partial charge in [-0.1, -0.05) is 35.9 Å². The molecule has 68 valence electrons. The first kappa shape index (κ1) is 8.52. The molecule has 0 heterocycles. The Morgan fingerprint density at radius 3 is 2.62 bits per heavy atom. The first-order chi connectivity index (χ1) is 6.27. The average Bonchev–Trinajstić information content (AvgIpc) is 2.17. The predicted octanol–water partition coefficient (Wildman–Crippen LogP) is 2.06. The normalized spacial score (nSPS) is 17.5. The van der Waals surface area contributed by atoms with Crippen LogP contribution in [-0.4, -0.2) is 6.04 Å². The molecule has 1 aromatic carbocycles. The van der Waals surface area contributed by atoms with Crippen molar-refractivity contribution in [3.8, 4) is 0 Å². The molecule has 0 aliphatic heterocycles. The summed E-state index contributed by atoms with van der Waals surface area (Å²) in [6, 6.07) is 8.80. The minimum absolute atomic E-state index is 0.202. The lowest BCUT2D eigenvalue weighted by Crippen LogP contribution is -2.21. The predicted molar refractivity (Wildman–Crippen MR) is 55.6 cm³/mol. The molecule has 1 aromatic rings. The van der Waals surface area contributed by atoms with Crippen LogP contribution < -0.4 is 5.73 Å². The summed E-state index contributed by atoms with van der Waals surface area (Å²) in [4.78, 5) is 0. The molecule has 1 heteroatoms. The van der Waals surface area contributed by atoms with Crippen LogP contribution in [0.5, 0.6) is 0 Å². The molecule has 0 fully saturated rings. The monoisotopic (exact) mass is 173 g/mol. The molecule has 1 nitrogen and oxygen atoms in total. The van der Waals surface area contributed by atoms with Crippen molar-refractivity contribution in [1.29, 1.82) is 0 Å². The van der Waals surface area contributed by atoms with Gasteiger partial charge in [0.05, 0.1) is 0 Å². The maximum atomic E-state index is 5.86. The van der Waals surface area contributed by atoms with Crippen molar-refractivity contribution >= 4 is 0 Å². The van der Waals surface area contributed by atoms with Crippen LogP contribution in [0.4, 0.5) is 0 Å². The van der Waals surface area contributed by atoms with Crippen LogP contribution in [0, 0.1) is 0 Å². The van der Waals surface area contributed by atoms with Crippen molar-refractivity contribution in [2.24, 2.45) is 5.73 Å². The third kappa shape index (κ3) is 1.65. The van der Waals surface area contributed by atoms with E-state index in [9.17, 15) is 0 Å². The van der Waals surface area contributed by atoms with Crippen LogP contribution in [0.3, 0.4) is 0 Å². The smallest absolute Gasteiger partial charge is 0.0228 e. The zero-order valence-electron chi connectivity index (χ0n) is 7.96. The van der Waals surface area contributed by atoms with Gasteiger partial charge in [-0.2, -0.15) is 0 Å². The maximum absolute atomic E-state index is 5.86. The van der Waals surface area contributed by atoms with E-state index in [4.69, 9.17) is 5.73 Å². The molecule has 13 heavy (non-hydrogen) atoms. The van der Waals surface area contributed by atoms with Crippen molar-refractivity contribution in [2.45, 2.75) is 25.8 Å². The third-order valence-corrected chi connectivity index (χ3v) is 2.68. The van der Waals surface area contributed by atoms with Gasteiger partial charge in [0.25, 0.3) is 0 Å². The van der Waals surface area contributed by atoms with E-state index in [0.29, 0.717) is 0 Å². The fourth-order valence-corrected chi connectivity index (χ4v) is 1.81. The van der Waals surface area contributed by atoms with Crippen LogP contribution in [0.25, 0.3) is 0 Å². The number of hydrogen-bond donors (Lipinski definition) is 1. The molecule has 0 saturated carbocycles. The van der Waals surface area contributed by atoms with Crippen molar-refractivity contribution in [2.75, 3.05) is 0 Å². The molecule has 0 radical (unpaired) electrons. The zero-order valence-corrected chi connectivity index (χ0v) is 7.96. The van der Waals surface area contributed by atoms with Gasteiger partial charge in [0.1, 0.15) is 0 Å². The molecule has 1 aliphatic carbocycles. The van der Waals surface area contributed by atoms with Crippen LogP contribution in [-0.2, 0) is 12.8 Å². The van der Waals surface area contributed by atoms with Crippen LogP contribution in [0.2, 0.25) is 0 Å². The lowest BCUT2D eigenvalue weighted by atomic mass is 9.89. The fourth-order valence-electron chi connectivity index (χ4n) is 1.81. The van der Waals surface area contributed by atoms with Gasteiger partial charge >= 0.3 is 0 Å². The van der Waals surface area contributed by atoms with Gasteiger partial charge in [-0.25, -0.2) is 0 Å². The molecule has 0 spiro atoms. The molecule has 1 aliphatic rings. The van der Waals surface area contributed by atoms with Crippen molar-refractivity contribution in [1.82, 2.24) is 0 Å². The summed E-state index contributed by atoms with van der Waals surface area (Å²) in [6.07, 6.45) is 4.36. The first-order valence-electron chi connectivity index (χ1n) is 4.78. The second-order valence-corrected chi connectivity index (χ2v) is 3.72. The summed E-state index contributed by atoms with van der Waals surface area (Å²) < 4.78 is 0. The lowest BCUT2D eigenvalue weighted by Gasteiger charge is -2.19. The zero-order chi connectivity index (χ0) is 9.26. The van der Waals surface area contributed by atoms with E-state index in [0.717, 1.165) is 12.8 Å². The highest BCUT2D eigenvalue weighted by atomic mass is 14.6. The Morgan fingerprint density at radius 1 is 1.23 bits per heavy atom. The van der Waals surface area contributed by atoms with Crippen LogP contribution >= 0.6 is 0 Å². The molecule has 0 saturated heterocycles. The highest BCUT2D eigenvalue weighted by Crippen LogP contribution is 2.21. The minimum Gasteiger partial charge on any atom is -0.324 e. The number of allylic oxidation sites excluding steroid dienone is 1. The Labute approximate surface area is 79.3 Å². The molecule has 0 aromatic heterocycles. The van der Waals surface area contributed by atoms with Gasteiger partial charge in [0.15, 0.2) is 0 Å². The second-order valence-electron chi connectivity index (χ2n) is 3.72. The van der Waals surface area contributed by atoms with E-state index in [-0.39, 0.29) is 6.04 Å². The minimum atomic E-state index is 0.202. The van der Waals surface area contributed by atoms with Crippen molar-refractivity contribution in [3.05, 3.63) is 47.0 Å². The molecule has 0 bridgehead atoms. The van der Waals surface area contributed by atoms with E-state index in [1.165, 1.54) is 16.7 Å². The van der Waals surface area contributed by atoms with Crippen molar-refractivity contribution < 1.29 is 0 Å². The average molecular weight is 173 g/mol. The summed E-state index contributed by atoms with van der Waals surface area (Å²) in [5.41, 5.74) is 10.1. The van der Waals surface area contributed by atoms with Gasteiger partial charge in [0.2, 0.25) is 0 Å². The number of rotatable bonds is 1. The van der Waals surface area contributed by atoms with E-state index in [1.54, 1.807) is 0 Å². The third-order valence-electron chi connectivity index (χ3n) is 2.68. The van der Waals surface area contributed by atoms with Gasteiger partial charge in [0, 0.05) is 6.04 Å². The van der Waals surface area contributed by atoms with E-state index in [2.05, 4.69) is 37.3 Å². The first-order valence-corrected chi connectivity index (χ1v) is 4.78. The molecular weight excluding hydrogens is 158 g/mol. The summed E-state index contributed by atoms with van der Waals surface area (Å²) in [5, 5.41) is 0. The highest BCUT2D eigenvalue weighted by molar-refractivity contribution is 5.37. The number of nitrogens with two attached hydrogens (primary N) is 1. The molecule has 2 rings (SSSR count). The summed E-state index contributed by atoms with van der Waals surface area (Å²) in [6.45, 7) is 2.06. The Morgan fingerprint density at radius 2 is 1.92 bits per heavy atom. The summed E-state index contributed by atoms with van der Waals surface area (Å²) in [7, 11) is 0. The number of benzene rings is 1. The largest absolute Gasteiger partial charge is 0.324 e. The summed E-state index contributed by atoms with van der Waals surface area (Å²) in [5.74, 6) is 0. The second kappa shape index (κ2) is 3.35. The van der Waals surface area contributed by atoms with Crippen molar-refractivity contribution in [3.63, 3.8) is 0 Å². The molecule has 0 amide bonds. The van der Waals surface area contributed by atoms with Gasteiger partial charge in [-0.15, -0.1) is 0 Å². The Balaban J connectivity index is 2.28.